The SMILES string of the molecule is Cc1ccc(N(C)c2ccccc2Cl)cc1. The Morgan fingerprint density at radius 1 is 0.938 bits per heavy atom. The molecule has 2 rings (SSSR count). The van der Waals surface area contributed by atoms with Crippen LogP contribution in [-0.4, -0.2) is 7.05 Å². The standard InChI is InChI=1S/C14H14ClN/c1-11-7-9-12(10-8-11)16(2)14-6-4-3-5-13(14)15/h3-10H,1-2H3. The van der Waals surface area contributed by atoms with Gasteiger partial charge in [-0.25, -0.2) is 0 Å². The zero-order chi connectivity index (χ0) is 11.5. The van der Waals surface area contributed by atoms with Crippen molar-refractivity contribution in [3.63, 3.8) is 0 Å². The van der Waals surface area contributed by atoms with Crippen molar-refractivity contribution in [3.8, 4) is 0 Å². The summed E-state index contributed by atoms with van der Waals surface area (Å²) in [6.45, 7) is 2.08. The quantitative estimate of drug-likeness (QED) is 0.740. The van der Waals surface area contributed by atoms with Gasteiger partial charge in [0.2, 0.25) is 0 Å². The van der Waals surface area contributed by atoms with Crippen molar-refractivity contribution in [3.05, 3.63) is 59.1 Å². The Morgan fingerprint density at radius 2 is 1.56 bits per heavy atom. The predicted octanol–water partition coefficient (Wildman–Crippen LogP) is 4.42. The predicted molar refractivity (Wildman–Crippen MR) is 70.7 cm³/mol. The van der Waals surface area contributed by atoms with E-state index in [4.69, 9.17) is 11.6 Å². The first-order valence-electron chi connectivity index (χ1n) is 5.23. The van der Waals surface area contributed by atoms with Crippen molar-refractivity contribution in [2.75, 3.05) is 11.9 Å². The molecule has 0 aliphatic carbocycles. The molecule has 0 fully saturated rings. The molecule has 0 N–H and O–H groups in total. The first-order valence-corrected chi connectivity index (χ1v) is 5.61. The Balaban J connectivity index is 2.35. The molecule has 2 aromatic rings. The van der Waals surface area contributed by atoms with Gasteiger partial charge in [-0.1, -0.05) is 41.4 Å². The number of aryl methyl sites for hydroxylation is 1. The van der Waals surface area contributed by atoms with Gasteiger partial charge >= 0.3 is 0 Å². The molecule has 1 nitrogen and oxygen atoms in total. The molecule has 0 atom stereocenters. The van der Waals surface area contributed by atoms with Gasteiger partial charge in [0.05, 0.1) is 10.7 Å². The lowest BCUT2D eigenvalue weighted by Crippen LogP contribution is -2.09. The summed E-state index contributed by atoms with van der Waals surface area (Å²) in [5, 5.41) is 0.769. The average Bonchev–Trinajstić information content (AvgIpc) is 2.30. The summed E-state index contributed by atoms with van der Waals surface area (Å²) in [4.78, 5) is 2.09. The van der Waals surface area contributed by atoms with Crippen LogP contribution in [0.4, 0.5) is 11.4 Å². The molecule has 0 bridgehead atoms. The highest BCUT2D eigenvalue weighted by atomic mass is 35.5. The van der Waals surface area contributed by atoms with Gasteiger partial charge < -0.3 is 4.90 Å². The average molecular weight is 232 g/mol. The van der Waals surface area contributed by atoms with Crippen LogP contribution in [0, 0.1) is 6.92 Å². The number of rotatable bonds is 2. The number of hydrogen-bond acceptors (Lipinski definition) is 1. The van der Waals surface area contributed by atoms with E-state index in [1.54, 1.807) is 0 Å². The van der Waals surface area contributed by atoms with Crippen molar-refractivity contribution < 1.29 is 0 Å². The number of halogens is 1. The van der Waals surface area contributed by atoms with E-state index in [-0.39, 0.29) is 0 Å². The summed E-state index contributed by atoms with van der Waals surface area (Å²) >= 11 is 6.16. The topological polar surface area (TPSA) is 3.24 Å². The van der Waals surface area contributed by atoms with Gasteiger partial charge in [-0.2, -0.15) is 0 Å². The Hall–Kier alpha value is -1.47. The highest BCUT2D eigenvalue weighted by molar-refractivity contribution is 6.33. The minimum absolute atomic E-state index is 0.769. The fourth-order valence-electron chi connectivity index (χ4n) is 1.63. The van der Waals surface area contributed by atoms with Crippen LogP contribution in [0.2, 0.25) is 5.02 Å². The summed E-state index contributed by atoms with van der Waals surface area (Å²) in [5.41, 5.74) is 3.42. The third kappa shape index (κ3) is 2.20. The monoisotopic (exact) mass is 231 g/mol. The summed E-state index contributed by atoms with van der Waals surface area (Å²) in [6, 6.07) is 16.2. The van der Waals surface area contributed by atoms with E-state index < -0.39 is 0 Å². The smallest absolute Gasteiger partial charge is 0.0642 e. The molecule has 0 aliphatic heterocycles. The Bertz CT molecular complexity index is 476. The Morgan fingerprint density at radius 3 is 2.19 bits per heavy atom. The van der Waals surface area contributed by atoms with E-state index in [1.165, 1.54) is 5.56 Å². The summed E-state index contributed by atoms with van der Waals surface area (Å²) < 4.78 is 0. The summed E-state index contributed by atoms with van der Waals surface area (Å²) in [7, 11) is 2.02. The fraction of sp³-hybridized carbons (Fsp3) is 0.143. The van der Waals surface area contributed by atoms with Crippen LogP contribution in [0.3, 0.4) is 0 Å². The molecule has 0 aliphatic rings. The molecule has 2 heteroatoms. The van der Waals surface area contributed by atoms with Crippen LogP contribution in [0.25, 0.3) is 0 Å². The van der Waals surface area contributed by atoms with Crippen LogP contribution >= 0.6 is 11.6 Å². The normalized spacial score (nSPS) is 10.2. The largest absolute Gasteiger partial charge is 0.343 e. The zero-order valence-electron chi connectivity index (χ0n) is 9.44. The van der Waals surface area contributed by atoms with E-state index in [1.807, 2.05) is 31.3 Å². The number of anilines is 2. The number of para-hydroxylation sites is 1. The van der Waals surface area contributed by atoms with Crippen molar-refractivity contribution in [2.45, 2.75) is 6.92 Å². The van der Waals surface area contributed by atoms with Crippen LogP contribution in [0.5, 0.6) is 0 Å². The second-order valence-electron chi connectivity index (χ2n) is 3.85. The van der Waals surface area contributed by atoms with Gasteiger partial charge in [-0.15, -0.1) is 0 Å². The van der Waals surface area contributed by atoms with Gasteiger partial charge in [-0.05, 0) is 31.2 Å². The summed E-state index contributed by atoms with van der Waals surface area (Å²) in [6.07, 6.45) is 0. The minimum Gasteiger partial charge on any atom is -0.343 e. The number of benzene rings is 2. The Kier molecular flexibility index (Phi) is 3.16. The first kappa shape index (κ1) is 11.0. The minimum atomic E-state index is 0.769. The molecule has 0 spiro atoms. The maximum Gasteiger partial charge on any atom is 0.0642 e. The molecule has 0 unspecified atom stereocenters. The molecule has 0 heterocycles. The maximum absolute atomic E-state index is 6.16. The van der Waals surface area contributed by atoms with Crippen molar-refractivity contribution in [1.29, 1.82) is 0 Å². The third-order valence-corrected chi connectivity index (χ3v) is 2.95. The molecule has 0 radical (unpaired) electrons. The Labute approximate surface area is 101 Å². The van der Waals surface area contributed by atoms with E-state index in [2.05, 4.69) is 36.1 Å². The van der Waals surface area contributed by atoms with Crippen molar-refractivity contribution in [1.82, 2.24) is 0 Å². The van der Waals surface area contributed by atoms with Crippen molar-refractivity contribution >= 4 is 23.0 Å². The molecule has 82 valence electrons. The first-order chi connectivity index (χ1) is 7.68. The van der Waals surface area contributed by atoms with Gasteiger partial charge in [0.25, 0.3) is 0 Å². The summed E-state index contributed by atoms with van der Waals surface area (Å²) in [5.74, 6) is 0. The highest BCUT2D eigenvalue weighted by Crippen LogP contribution is 2.29. The van der Waals surface area contributed by atoms with Gasteiger partial charge in [-0.3, -0.25) is 0 Å². The van der Waals surface area contributed by atoms with Gasteiger partial charge in [0, 0.05) is 12.7 Å². The van der Waals surface area contributed by atoms with E-state index in [0.29, 0.717) is 0 Å². The van der Waals surface area contributed by atoms with E-state index in [0.717, 1.165) is 16.4 Å². The van der Waals surface area contributed by atoms with Crippen LogP contribution in [-0.2, 0) is 0 Å². The van der Waals surface area contributed by atoms with E-state index >= 15 is 0 Å². The zero-order valence-corrected chi connectivity index (χ0v) is 10.2. The number of nitrogens with zero attached hydrogens (tertiary/aromatic N) is 1. The molecular formula is C14H14ClN. The lowest BCUT2D eigenvalue weighted by molar-refractivity contribution is 1.20. The lowest BCUT2D eigenvalue weighted by Gasteiger charge is -2.20. The van der Waals surface area contributed by atoms with Gasteiger partial charge in [0.15, 0.2) is 0 Å². The molecular weight excluding hydrogens is 218 g/mol. The second kappa shape index (κ2) is 4.58. The van der Waals surface area contributed by atoms with Crippen LogP contribution in [0.1, 0.15) is 5.56 Å². The molecule has 2 aromatic carbocycles. The highest BCUT2D eigenvalue weighted by Gasteiger charge is 2.06. The third-order valence-electron chi connectivity index (χ3n) is 2.64. The lowest BCUT2D eigenvalue weighted by atomic mass is 10.2. The maximum atomic E-state index is 6.16. The molecule has 16 heavy (non-hydrogen) atoms. The number of hydrogen-bond donors (Lipinski definition) is 0. The van der Waals surface area contributed by atoms with E-state index in [9.17, 15) is 0 Å². The molecule has 0 saturated carbocycles. The van der Waals surface area contributed by atoms with Crippen LogP contribution in [0.15, 0.2) is 48.5 Å². The second-order valence-corrected chi connectivity index (χ2v) is 4.25. The van der Waals surface area contributed by atoms with Gasteiger partial charge in [0.1, 0.15) is 0 Å². The molecule has 0 amide bonds. The molecule has 0 saturated heterocycles. The fourth-order valence-corrected chi connectivity index (χ4v) is 1.89. The van der Waals surface area contributed by atoms with Crippen LogP contribution < -0.4 is 4.90 Å². The van der Waals surface area contributed by atoms with Crippen molar-refractivity contribution in [2.24, 2.45) is 0 Å². The molecule has 0 aromatic heterocycles.